The Labute approximate surface area is 105 Å². The highest BCUT2D eigenvalue weighted by Crippen LogP contribution is 2.24. The van der Waals surface area contributed by atoms with Crippen LogP contribution < -0.4 is 4.74 Å². The van der Waals surface area contributed by atoms with Crippen LogP contribution in [0.1, 0.15) is 11.7 Å². The van der Waals surface area contributed by atoms with Crippen molar-refractivity contribution in [3.63, 3.8) is 0 Å². The molecule has 1 unspecified atom stereocenters. The molecule has 2 rings (SSSR count). The smallest absolute Gasteiger partial charge is 0.138 e. The van der Waals surface area contributed by atoms with E-state index in [0.717, 1.165) is 5.56 Å². The van der Waals surface area contributed by atoms with Crippen LogP contribution >= 0.6 is 11.6 Å². The third-order valence-corrected chi connectivity index (χ3v) is 2.73. The van der Waals surface area contributed by atoms with Crippen LogP contribution in [0.15, 0.2) is 54.6 Å². The van der Waals surface area contributed by atoms with Crippen LogP contribution in [0.5, 0.6) is 5.75 Å². The molecule has 0 saturated carbocycles. The highest BCUT2D eigenvalue weighted by atomic mass is 35.5. The molecule has 2 aromatic carbocycles. The molecule has 0 bridgehead atoms. The summed E-state index contributed by atoms with van der Waals surface area (Å²) >= 11 is 5.95. The average molecular weight is 249 g/mol. The molecule has 17 heavy (non-hydrogen) atoms. The molecule has 3 heteroatoms. The van der Waals surface area contributed by atoms with Gasteiger partial charge in [-0.25, -0.2) is 0 Å². The minimum atomic E-state index is -0.646. The summed E-state index contributed by atoms with van der Waals surface area (Å²) < 4.78 is 5.47. The topological polar surface area (TPSA) is 29.5 Å². The van der Waals surface area contributed by atoms with Crippen LogP contribution in [-0.2, 0) is 0 Å². The Kier molecular flexibility index (Phi) is 4.02. The number of rotatable bonds is 4. The minimum absolute atomic E-state index is 0.188. The molecule has 0 amide bonds. The number of ether oxygens (including phenoxy) is 1. The molecule has 0 aliphatic rings. The molecule has 0 aromatic heterocycles. The van der Waals surface area contributed by atoms with Gasteiger partial charge in [0.1, 0.15) is 18.5 Å². The van der Waals surface area contributed by atoms with E-state index in [1.54, 1.807) is 12.1 Å². The summed E-state index contributed by atoms with van der Waals surface area (Å²) in [5.74, 6) is 0.587. The highest BCUT2D eigenvalue weighted by Gasteiger charge is 2.08. The van der Waals surface area contributed by atoms with Crippen LogP contribution in [0.2, 0.25) is 5.02 Å². The largest absolute Gasteiger partial charge is 0.489 e. The van der Waals surface area contributed by atoms with E-state index in [4.69, 9.17) is 16.3 Å². The van der Waals surface area contributed by atoms with Gasteiger partial charge in [-0.3, -0.25) is 0 Å². The summed E-state index contributed by atoms with van der Waals surface area (Å²) in [6.07, 6.45) is -0.646. The first-order valence-electron chi connectivity index (χ1n) is 5.37. The minimum Gasteiger partial charge on any atom is -0.489 e. The zero-order valence-electron chi connectivity index (χ0n) is 9.21. The number of hydrogen-bond acceptors (Lipinski definition) is 2. The van der Waals surface area contributed by atoms with Gasteiger partial charge in [0, 0.05) is 0 Å². The second kappa shape index (κ2) is 5.71. The first kappa shape index (κ1) is 12.0. The number of para-hydroxylation sites is 1. The molecule has 0 radical (unpaired) electrons. The van der Waals surface area contributed by atoms with Gasteiger partial charge in [0.2, 0.25) is 0 Å². The average Bonchev–Trinajstić information content (AvgIpc) is 2.38. The lowest BCUT2D eigenvalue weighted by atomic mass is 10.1. The van der Waals surface area contributed by atoms with E-state index in [-0.39, 0.29) is 6.61 Å². The van der Waals surface area contributed by atoms with Gasteiger partial charge >= 0.3 is 0 Å². The normalized spacial score (nSPS) is 12.1. The standard InChI is InChI=1S/C14H13ClO2/c15-12-8-4-5-9-14(12)17-10-13(16)11-6-2-1-3-7-11/h1-9,13,16H,10H2. The van der Waals surface area contributed by atoms with Gasteiger partial charge in [0.15, 0.2) is 0 Å². The van der Waals surface area contributed by atoms with Crippen molar-refractivity contribution < 1.29 is 9.84 Å². The van der Waals surface area contributed by atoms with Crippen molar-refractivity contribution in [1.82, 2.24) is 0 Å². The fraction of sp³-hybridized carbons (Fsp3) is 0.143. The summed E-state index contributed by atoms with van der Waals surface area (Å²) in [6.45, 7) is 0.188. The van der Waals surface area contributed by atoms with Gasteiger partial charge in [0.05, 0.1) is 5.02 Å². The SMILES string of the molecule is OC(COc1ccccc1Cl)c1ccccc1. The Bertz CT molecular complexity index is 471. The fourth-order valence-corrected chi connectivity index (χ4v) is 1.69. The van der Waals surface area contributed by atoms with Gasteiger partial charge in [0.25, 0.3) is 0 Å². The molecular weight excluding hydrogens is 236 g/mol. The predicted molar refractivity (Wildman–Crippen MR) is 68.3 cm³/mol. The molecule has 0 aliphatic heterocycles. The highest BCUT2D eigenvalue weighted by molar-refractivity contribution is 6.32. The van der Waals surface area contributed by atoms with Crippen LogP contribution in [0.4, 0.5) is 0 Å². The van der Waals surface area contributed by atoms with Crippen molar-refractivity contribution in [3.05, 3.63) is 65.2 Å². The van der Waals surface area contributed by atoms with Crippen LogP contribution in [0.3, 0.4) is 0 Å². The molecule has 2 aromatic rings. The number of aliphatic hydroxyl groups is 1. The first-order chi connectivity index (χ1) is 8.27. The van der Waals surface area contributed by atoms with Crippen molar-refractivity contribution in [3.8, 4) is 5.75 Å². The van der Waals surface area contributed by atoms with Gasteiger partial charge in [-0.15, -0.1) is 0 Å². The first-order valence-corrected chi connectivity index (χ1v) is 5.75. The predicted octanol–water partition coefficient (Wildman–Crippen LogP) is 3.45. The molecule has 2 nitrogen and oxygen atoms in total. The second-order valence-electron chi connectivity index (χ2n) is 3.67. The second-order valence-corrected chi connectivity index (χ2v) is 4.08. The number of halogens is 1. The molecule has 1 N–H and O–H groups in total. The van der Waals surface area contributed by atoms with Gasteiger partial charge in [-0.1, -0.05) is 54.1 Å². The lowest BCUT2D eigenvalue weighted by molar-refractivity contribution is 0.108. The van der Waals surface area contributed by atoms with Crippen molar-refractivity contribution in [1.29, 1.82) is 0 Å². The monoisotopic (exact) mass is 248 g/mol. The van der Waals surface area contributed by atoms with E-state index in [2.05, 4.69) is 0 Å². The lowest BCUT2D eigenvalue weighted by Crippen LogP contribution is -2.09. The van der Waals surface area contributed by atoms with Crippen molar-refractivity contribution >= 4 is 11.6 Å². The number of benzene rings is 2. The Hall–Kier alpha value is -1.51. The molecule has 88 valence electrons. The van der Waals surface area contributed by atoms with E-state index in [1.807, 2.05) is 42.5 Å². The van der Waals surface area contributed by atoms with E-state index < -0.39 is 6.10 Å². The van der Waals surface area contributed by atoms with Crippen LogP contribution in [0.25, 0.3) is 0 Å². The Morgan fingerprint density at radius 1 is 1.00 bits per heavy atom. The molecule has 0 spiro atoms. The van der Waals surface area contributed by atoms with Gasteiger partial charge in [-0.2, -0.15) is 0 Å². The Morgan fingerprint density at radius 3 is 2.35 bits per heavy atom. The zero-order valence-corrected chi connectivity index (χ0v) is 9.97. The summed E-state index contributed by atoms with van der Waals surface area (Å²) in [7, 11) is 0. The molecule has 0 fully saturated rings. The summed E-state index contributed by atoms with van der Waals surface area (Å²) in [5, 5.41) is 10.5. The molecule has 0 saturated heterocycles. The summed E-state index contributed by atoms with van der Waals surface area (Å²) in [4.78, 5) is 0. The Morgan fingerprint density at radius 2 is 1.65 bits per heavy atom. The summed E-state index contributed by atoms with van der Waals surface area (Å²) in [5.41, 5.74) is 0.833. The van der Waals surface area contributed by atoms with Crippen LogP contribution in [0, 0.1) is 0 Å². The fourth-order valence-electron chi connectivity index (χ4n) is 1.50. The molecular formula is C14H13ClO2. The molecule has 0 heterocycles. The molecule has 1 atom stereocenters. The van der Waals surface area contributed by atoms with E-state index in [0.29, 0.717) is 10.8 Å². The summed E-state index contributed by atoms with van der Waals surface area (Å²) in [6, 6.07) is 16.6. The quantitative estimate of drug-likeness (QED) is 0.898. The third-order valence-electron chi connectivity index (χ3n) is 2.42. The molecule has 0 aliphatic carbocycles. The van der Waals surface area contributed by atoms with E-state index >= 15 is 0 Å². The maximum absolute atomic E-state index is 9.90. The van der Waals surface area contributed by atoms with Crippen molar-refractivity contribution in [2.45, 2.75) is 6.10 Å². The van der Waals surface area contributed by atoms with Gasteiger partial charge in [-0.05, 0) is 17.7 Å². The number of hydrogen-bond donors (Lipinski definition) is 1. The van der Waals surface area contributed by atoms with Crippen LogP contribution in [-0.4, -0.2) is 11.7 Å². The third kappa shape index (κ3) is 3.22. The zero-order chi connectivity index (χ0) is 12.1. The van der Waals surface area contributed by atoms with Crippen molar-refractivity contribution in [2.24, 2.45) is 0 Å². The maximum Gasteiger partial charge on any atom is 0.138 e. The van der Waals surface area contributed by atoms with Crippen molar-refractivity contribution in [2.75, 3.05) is 6.61 Å². The van der Waals surface area contributed by atoms with E-state index in [1.165, 1.54) is 0 Å². The Balaban J connectivity index is 1.97. The lowest BCUT2D eigenvalue weighted by Gasteiger charge is -2.13. The van der Waals surface area contributed by atoms with Gasteiger partial charge < -0.3 is 9.84 Å². The maximum atomic E-state index is 9.90. The van der Waals surface area contributed by atoms with E-state index in [9.17, 15) is 5.11 Å². The number of aliphatic hydroxyl groups excluding tert-OH is 1.